The summed E-state index contributed by atoms with van der Waals surface area (Å²) >= 11 is 0. The highest BCUT2D eigenvalue weighted by molar-refractivity contribution is 5.98. The molecule has 0 aliphatic heterocycles. The number of hydrogen-bond acceptors (Lipinski definition) is 4. The third-order valence-corrected chi connectivity index (χ3v) is 3.81. The Kier molecular flexibility index (Phi) is 4.56. The van der Waals surface area contributed by atoms with E-state index >= 15 is 0 Å². The highest BCUT2D eigenvalue weighted by atomic mass is 16.5. The second-order valence-corrected chi connectivity index (χ2v) is 6.06. The van der Waals surface area contributed by atoms with Gasteiger partial charge in [-0.1, -0.05) is 18.2 Å². The lowest BCUT2D eigenvalue weighted by atomic mass is 10.2. The minimum absolute atomic E-state index is 0.106. The Morgan fingerprint density at radius 3 is 2.68 bits per heavy atom. The molecular formula is C18H20N4O3. The first-order valence-corrected chi connectivity index (χ1v) is 8.09. The van der Waals surface area contributed by atoms with Crippen LogP contribution in [-0.4, -0.2) is 32.7 Å². The van der Waals surface area contributed by atoms with Gasteiger partial charge in [-0.05, 0) is 32.9 Å². The molecule has 2 aromatic heterocycles. The van der Waals surface area contributed by atoms with Crippen LogP contribution < -0.4 is 5.32 Å². The van der Waals surface area contributed by atoms with Crippen molar-refractivity contribution in [2.24, 2.45) is 0 Å². The number of para-hydroxylation sites is 1. The normalized spacial score (nSPS) is 12.3. The topological polar surface area (TPSA) is 89.0 Å². The van der Waals surface area contributed by atoms with Gasteiger partial charge in [-0.3, -0.25) is 4.79 Å². The zero-order chi connectivity index (χ0) is 18.0. The van der Waals surface area contributed by atoms with E-state index in [9.17, 15) is 9.59 Å². The van der Waals surface area contributed by atoms with Gasteiger partial charge in [0.1, 0.15) is 11.5 Å². The maximum atomic E-state index is 12.3. The summed E-state index contributed by atoms with van der Waals surface area (Å²) in [5, 5.41) is 7.79. The molecule has 0 fully saturated rings. The number of ether oxygens (including phenoxy) is 1. The number of carbonyl (C=O) groups is 2. The molecule has 0 bridgehead atoms. The molecule has 7 heteroatoms. The van der Waals surface area contributed by atoms with E-state index in [1.165, 1.54) is 6.92 Å². The molecule has 0 saturated carbocycles. The molecule has 0 aliphatic carbocycles. The smallest absolute Gasteiger partial charge is 0.355 e. The second-order valence-electron chi connectivity index (χ2n) is 6.06. The number of fused-ring (bicyclic) bond motifs is 1. The van der Waals surface area contributed by atoms with E-state index in [0.29, 0.717) is 11.5 Å². The van der Waals surface area contributed by atoms with E-state index in [0.717, 1.165) is 10.9 Å². The molecule has 3 aromatic rings. The van der Waals surface area contributed by atoms with Gasteiger partial charge in [0.05, 0.1) is 6.20 Å². The van der Waals surface area contributed by atoms with Crippen LogP contribution >= 0.6 is 0 Å². The summed E-state index contributed by atoms with van der Waals surface area (Å²) < 4.78 is 6.95. The molecule has 0 unspecified atom stereocenters. The largest absolute Gasteiger partial charge is 0.448 e. The van der Waals surface area contributed by atoms with Crippen molar-refractivity contribution in [1.29, 1.82) is 0 Å². The molecule has 25 heavy (non-hydrogen) atoms. The van der Waals surface area contributed by atoms with Gasteiger partial charge < -0.3 is 15.0 Å². The lowest BCUT2D eigenvalue weighted by molar-refractivity contribution is -0.123. The zero-order valence-corrected chi connectivity index (χ0v) is 14.3. The first kappa shape index (κ1) is 16.8. The molecule has 1 atom stereocenters. The van der Waals surface area contributed by atoms with Gasteiger partial charge in [0.25, 0.3) is 5.91 Å². The number of nitrogens with zero attached hydrogens (tertiary/aromatic N) is 2. The number of aromatic nitrogens is 3. The Hall–Kier alpha value is -3.09. The first-order chi connectivity index (χ1) is 12.0. The van der Waals surface area contributed by atoms with Gasteiger partial charge in [0.2, 0.25) is 0 Å². The number of H-pyrrole nitrogens is 1. The number of carbonyl (C=O) groups excluding carboxylic acids is 2. The summed E-state index contributed by atoms with van der Waals surface area (Å²) in [4.78, 5) is 27.5. The number of benzene rings is 1. The standard InChI is InChI=1S/C18H20N4O3/c1-11(2)22-16(8-9-19-22)21-17(23)12(3)25-18(24)15-10-13-6-4-5-7-14(13)20-15/h4-12,20H,1-3H3,(H,21,23)/t12-/m0/s1. The zero-order valence-electron chi connectivity index (χ0n) is 14.3. The van der Waals surface area contributed by atoms with E-state index in [2.05, 4.69) is 15.4 Å². The maximum Gasteiger partial charge on any atom is 0.355 e. The molecule has 0 saturated heterocycles. The minimum atomic E-state index is -0.936. The molecule has 0 spiro atoms. The van der Waals surface area contributed by atoms with Crippen LogP contribution in [0.2, 0.25) is 0 Å². The third kappa shape index (κ3) is 3.55. The molecule has 130 valence electrons. The average Bonchev–Trinajstić information content (AvgIpc) is 3.20. The number of hydrogen-bond donors (Lipinski definition) is 2. The fourth-order valence-corrected chi connectivity index (χ4v) is 2.51. The molecule has 2 N–H and O–H groups in total. The van der Waals surface area contributed by atoms with Crippen molar-refractivity contribution in [2.75, 3.05) is 5.32 Å². The predicted octanol–water partition coefficient (Wildman–Crippen LogP) is 3.13. The van der Waals surface area contributed by atoms with Gasteiger partial charge in [-0.25, -0.2) is 9.48 Å². The van der Waals surface area contributed by atoms with Gasteiger partial charge >= 0.3 is 5.97 Å². The molecule has 3 rings (SSSR count). The van der Waals surface area contributed by atoms with E-state index in [4.69, 9.17) is 4.74 Å². The number of rotatable bonds is 5. The Labute approximate surface area is 145 Å². The fourth-order valence-electron chi connectivity index (χ4n) is 2.51. The number of esters is 1. The van der Waals surface area contributed by atoms with E-state index in [-0.39, 0.29) is 6.04 Å². The first-order valence-electron chi connectivity index (χ1n) is 8.09. The Balaban J connectivity index is 1.66. The van der Waals surface area contributed by atoms with Crippen molar-refractivity contribution < 1.29 is 14.3 Å². The van der Waals surface area contributed by atoms with Crippen LogP contribution in [0.5, 0.6) is 0 Å². The van der Waals surface area contributed by atoms with Gasteiger partial charge in [-0.2, -0.15) is 5.10 Å². The Bertz CT molecular complexity index is 877. The van der Waals surface area contributed by atoms with Gasteiger partial charge in [0, 0.05) is 23.0 Å². The highest BCUT2D eigenvalue weighted by Gasteiger charge is 2.21. The van der Waals surface area contributed by atoms with Crippen LogP contribution in [0.1, 0.15) is 37.3 Å². The van der Waals surface area contributed by atoms with Crippen LogP contribution in [-0.2, 0) is 9.53 Å². The van der Waals surface area contributed by atoms with Crippen molar-refractivity contribution >= 4 is 28.6 Å². The fraction of sp³-hybridized carbons (Fsp3) is 0.278. The second kappa shape index (κ2) is 6.80. The van der Waals surface area contributed by atoms with Crippen LogP contribution in [0.25, 0.3) is 10.9 Å². The highest BCUT2D eigenvalue weighted by Crippen LogP contribution is 2.17. The third-order valence-electron chi connectivity index (χ3n) is 3.81. The van der Waals surface area contributed by atoms with Crippen LogP contribution in [0.3, 0.4) is 0 Å². The van der Waals surface area contributed by atoms with Crippen LogP contribution in [0, 0.1) is 0 Å². The van der Waals surface area contributed by atoms with Crippen LogP contribution in [0.15, 0.2) is 42.6 Å². The van der Waals surface area contributed by atoms with Crippen molar-refractivity contribution in [1.82, 2.24) is 14.8 Å². The SMILES string of the molecule is CC(C)n1nccc1NC(=O)[C@H](C)OC(=O)c1cc2ccccc2[nH]1. The minimum Gasteiger partial charge on any atom is -0.448 e. The van der Waals surface area contributed by atoms with E-state index < -0.39 is 18.0 Å². The number of nitrogens with one attached hydrogen (secondary N) is 2. The monoisotopic (exact) mass is 340 g/mol. The summed E-state index contributed by atoms with van der Waals surface area (Å²) in [6, 6.07) is 11.0. The lowest BCUT2D eigenvalue weighted by Gasteiger charge is -2.15. The van der Waals surface area contributed by atoms with Gasteiger partial charge in [0.15, 0.2) is 6.10 Å². The summed E-state index contributed by atoms with van der Waals surface area (Å²) in [6.07, 6.45) is 0.672. The van der Waals surface area contributed by atoms with Crippen LogP contribution in [0.4, 0.5) is 5.82 Å². The lowest BCUT2D eigenvalue weighted by Crippen LogP contribution is -2.31. The quantitative estimate of drug-likeness (QED) is 0.698. The van der Waals surface area contributed by atoms with Crippen molar-refractivity contribution in [2.45, 2.75) is 32.9 Å². The molecule has 2 heterocycles. The molecular weight excluding hydrogens is 320 g/mol. The molecule has 0 radical (unpaired) electrons. The molecule has 1 amide bonds. The predicted molar refractivity (Wildman–Crippen MR) is 94.4 cm³/mol. The van der Waals surface area contributed by atoms with E-state index in [1.54, 1.807) is 23.0 Å². The van der Waals surface area contributed by atoms with Crippen molar-refractivity contribution in [3.05, 3.63) is 48.3 Å². The summed E-state index contributed by atoms with van der Waals surface area (Å²) in [5.74, 6) is -0.420. The number of aromatic amines is 1. The maximum absolute atomic E-state index is 12.3. The molecule has 0 aliphatic rings. The average molecular weight is 340 g/mol. The Morgan fingerprint density at radius 2 is 1.96 bits per heavy atom. The molecule has 1 aromatic carbocycles. The van der Waals surface area contributed by atoms with Gasteiger partial charge in [-0.15, -0.1) is 0 Å². The van der Waals surface area contributed by atoms with Crippen molar-refractivity contribution in [3.8, 4) is 0 Å². The summed E-state index contributed by atoms with van der Waals surface area (Å²) in [7, 11) is 0. The summed E-state index contributed by atoms with van der Waals surface area (Å²) in [5.41, 5.74) is 1.15. The van der Waals surface area contributed by atoms with E-state index in [1.807, 2.05) is 38.1 Å². The Morgan fingerprint density at radius 1 is 1.20 bits per heavy atom. The van der Waals surface area contributed by atoms with Crippen molar-refractivity contribution in [3.63, 3.8) is 0 Å². The number of anilines is 1. The molecule has 7 nitrogen and oxygen atoms in total. The number of amides is 1. The summed E-state index contributed by atoms with van der Waals surface area (Å²) in [6.45, 7) is 5.45.